The molecule has 1 aromatic rings. The van der Waals surface area contributed by atoms with Crippen molar-refractivity contribution in [2.45, 2.75) is 30.7 Å². The van der Waals surface area contributed by atoms with E-state index < -0.39 is 23.6 Å². The third kappa shape index (κ3) is 3.12. The summed E-state index contributed by atoms with van der Waals surface area (Å²) < 4.78 is 25.4. The van der Waals surface area contributed by atoms with E-state index in [0.29, 0.717) is 45.6 Å². The molecule has 0 aromatic heterocycles. The summed E-state index contributed by atoms with van der Waals surface area (Å²) in [5.74, 6) is -0.367. The Kier molecular flexibility index (Phi) is 4.57. The lowest BCUT2D eigenvalue weighted by Crippen LogP contribution is -2.48. The van der Waals surface area contributed by atoms with Gasteiger partial charge in [0.15, 0.2) is 0 Å². The smallest absolute Gasteiger partial charge is 0.230 e. The Morgan fingerprint density at radius 3 is 2.76 bits per heavy atom. The number of piperidine rings is 1. The normalized spacial score (nSPS) is 33.4. The number of rotatable bonds is 5. The summed E-state index contributed by atoms with van der Waals surface area (Å²) in [6.07, 6.45) is 3.41. The molecule has 1 spiro atoms. The first-order valence-electron chi connectivity index (χ1n) is 10.3. The number of amides is 2. The SMILES string of the molecule is O=C(C1C2C=CC3(CN(CCOc4ccccc4)C(=O)C13)O2)N1CCC(F)CC1. The minimum absolute atomic E-state index is 0.0489. The van der Waals surface area contributed by atoms with E-state index >= 15 is 0 Å². The summed E-state index contributed by atoms with van der Waals surface area (Å²) in [6.45, 7) is 2.10. The number of carbonyl (C=O) groups is 2. The molecule has 0 radical (unpaired) electrons. The molecule has 3 saturated heterocycles. The molecule has 4 aliphatic rings. The fraction of sp³-hybridized carbons (Fsp3) is 0.545. The van der Waals surface area contributed by atoms with E-state index in [1.165, 1.54) is 0 Å². The van der Waals surface area contributed by atoms with Crippen LogP contribution in [0.4, 0.5) is 4.39 Å². The van der Waals surface area contributed by atoms with Crippen molar-refractivity contribution in [1.82, 2.24) is 9.80 Å². The Morgan fingerprint density at radius 1 is 1.24 bits per heavy atom. The summed E-state index contributed by atoms with van der Waals surface area (Å²) in [6, 6.07) is 9.48. The van der Waals surface area contributed by atoms with E-state index in [-0.39, 0.29) is 17.9 Å². The van der Waals surface area contributed by atoms with Gasteiger partial charge in [-0.15, -0.1) is 0 Å². The number of benzene rings is 1. The van der Waals surface area contributed by atoms with Gasteiger partial charge >= 0.3 is 0 Å². The average Bonchev–Trinajstić information content (AvgIpc) is 3.37. The lowest BCUT2D eigenvalue weighted by Gasteiger charge is -2.33. The van der Waals surface area contributed by atoms with Crippen molar-refractivity contribution in [3.8, 4) is 5.75 Å². The highest BCUT2D eigenvalue weighted by Gasteiger charge is 2.67. The van der Waals surface area contributed by atoms with Gasteiger partial charge in [-0.05, 0) is 25.0 Å². The topological polar surface area (TPSA) is 59.1 Å². The molecule has 0 N–H and O–H groups in total. The maximum Gasteiger partial charge on any atom is 0.230 e. The average molecular weight is 400 g/mol. The number of halogens is 1. The van der Waals surface area contributed by atoms with Crippen LogP contribution in [0.25, 0.3) is 0 Å². The van der Waals surface area contributed by atoms with Crippen molar-refractivity contribution in [1.29, 1.82) is 0 Å². The first-order chi connectivity index (χ1) is 14.1. The minimum Gasteiger partial charge on any atom is -0.492 e. The predicted octanol–water partition coefficient (Wildman–Crippen LogP) is 1.81. The molecule has 1 aromatic carbocycles. The Hall–Kier alpha value is -2.41. The van der Waals surface area contributed by atoms with Crippen LogP contribution in [0.2, 0.25) is 0 Å². The number of ether oxygens (including phenoxy) is 2. The maximum absolute atomic E-state index is 13.5. The van der Waals surface area contributed by atoms with Crippen LogP contribution in [0, 0.1) is 11.8 Å². The van der Waals surface area contributed by atoms with Crippen molar-refractivity contribution in [2.75, 3.05) is 32.8 Å². The third-order valence-electron chi connectivity index (χ3n) is 6.57. The number of nitrogens with zero attached hydrogens (tertiary/aromatic N) is 2. The van der Waals surface area contributed by atoms with Gasteiger partial charge < -0.3 is 19.3 Å². The number of para-hydroxylation sites is 1. The minimum atomic E-state index is -0.838. The van der Waals surface area contributed by atoms with Crippen LogP contribution in [0.1, 0.15) is 12.8 Å². The van der Waals surface area contributed by atoms with Crippen molar-refractivity contribution in [3.63, 3.8) is 0 Å². The van der Waals surface area contributed by atoms with E-state index in [9.17, 15) is 14.0 Å². The van der Waals surface area contributed by atoms with Gasteiger partial charge in [0.05, 0.1) is 31.0 Å². The van der Waals surface area contributed by atoms with E-state index in [2.05, 4.69) is 0 Å². The lowest BCUT2D eigenvalue weighted by molar-refractivity contribution is -0.144. The van der Waals surface area contributed by atoms with Crippen molar-refractivity contribution >= 4 is 11.8 Å². The molecule has 0 saturated carbocycles. The molecule has 2 amide bonds. The zero-order chi connectivity index (χ0) is 20.0. The zero-order valence-electron chi connectivity index (χ0n) is 16.2. The fourth-order valence-corrected chi connectivity index (χ4v) is 5.12. The number of hydrogen-bond donors (Lipinski definition) is 0. The second kappa shape index (κ2) is 7.13. The highest BCUT2D eigenvalue weighted by atomic mass is 19.1. The van der Waals surface area contributed by atoms with Gasteiger partial charge in [-0.2, -0.15) is 0 Å². The molecule has 7 heteroatoms. The van der Waals surface area contributed by atoms with Crippen molar-refractivity contribution in [3.05, 3.63) is 42.5 Å². The molecule has 4 atom stereocenters. The van der Waals surface area contributed by atoms with Crippen molar-refractivity contribution < 1.29 is 23.5 Å². The monoisotopic (exact) mass is 400 g/mol. The molecule has 0 aliphatic carbocycles. The molecular weight excluding hydrogens is 375 g/mol. The Bertz CT molecular complexity index is 823. The van der Waals surface area contributed by atoms with Crippen LogP contribution >= 0.6 is 0 Å². The summed E-state index contributed by atoms with van der Waals surface area (Å²) in [5, 5.41) is 0. The van der Waals surface area contributed by atoms with Gasteiger partial charge in [0.25, 0.3) is 0 Å². The van der Waals surface area contributed by atoms with Gasteiger partial charge in [0.2, 0.25) is 11.8 Å². The van der Waals surface area contributed by atoms with Gasteiger partial charge in [-0.25, -0.2) is 4.39 Å². The maximum atomic E-state index is 13.5. The number of fused-ring (bicyclic) bond motifs is 1. The summed E-state index contributed by atoms with van der Waals surface area (Å²) in [4.78, 5) is 29.8. The largest absolute Gasteiger partial charge is 0.492 e. The number of hydrogen-bond acceptors (Lipinski definition) is 4. The predicted molar refractivity (Wildman–Crippen MR) is 103 cm³/mol. The van der Waals surface area contributed by atoms with Crippen LogP contribution in [-0.4, -0.2) is 72.3 Å². The van der Waals surface area contributed by atoms with E-state index in [4.69, 9.17) is 9.47 Å². The molecule has 3 fully saturated rings. The molecule has 154 valence electrons. The van der Waals surface area contributed by atoms with Crippen molar-refractivity contribution in [2.24, 2.45) is 11.8 Å². The molecule has 4 heterocycles. The van der Waals surface area contributed by atoms with Gasteiger partial charge in [-0.3, -0.25) is 9.59 Å². The molecule has 6 nitrogen and oxygen atoms in total. The van der Waals surface area contributed by atoms with Crippen LogP contribution in [0.15, 0.2) is 42.5 Å². The van der Waals surface area contributed by atoms with E-state index in [1.54, 1.807) is 9.80 Å². The molecule has 5 rings (SSSR count). The highest BCUT2D eigenvalue weighted by Crippen LogP contribution is 2.52. The molecule has 29 heavy (non-hydrogen) atoms. The van der Waals surface area contributed by atoms with Gasteiger partial charge in [0.1, 0.15) is 24.1 Å². The van der Waals surface area contributed by atoms with E-state index in [1.807, 2.05) is 42.5 Å². The quantitative estimate of drug-likeness (QED) is 0.708. The first kappa shape index (κ1) is 18.6. The van der Waals surface area contributed by atoms with E-state index in [0.717, 1.165) is 5.75 Å². The fourth-order valence-electron chi connectivity index (χ4n) is 5.12. The van der Waals surface area contributed by atoms with Crippen LogP contribution < -0.4 is 4.74 Å². The highest BCUT2D eigenvalue weighted by molar-refractivity contribution is 5.93. The number of likely N-dealkylation sites (tertiary alicyclic amines) is 2. The lowest BCUT2D eigenvalue weighted by atomic mass is 9.76. The van der Waals surface area contributed by atoms with Gasteiger partial charge in [-0.1, -0.05) is 30.4 Å². The Labute approximate surface area is 169 Å². The summed E-state index contributed by atoms with van der Waals surface area (Å²) in [7, 11) is 0. The standard InChI is InChI=1S/C22H25FN2O4/c23-15-7-10-24(11-8-15)20(26)18-17-6-9-22(29-17)14-25(21(27)19(18)22)12-13-28-16-4-2-1-3-5-16/h1-6,9,15,17-19H,7-8,10-14H2. The Morgan fingerprint density at radius 2 is 2.00 bits per heavy atom. The third-order valence-corrected chi connectivity index (χ3v) is 6.57. The molecule has 4 unspecified atom stereocenters. The van der Waals surface area contributed by atoms with Crippen LogP contribution in [0.3, 0.4) is 0 Å². The Balaban J connectivity index is 1.27. The molecule has 4 aliphatic heterocycles. The second-order valence-electron chi connectivity index (χ2n) is 8.32. The zero-order valence-corrected chi connectivity index (χ0v) is 16.2. The molecule has 2 bridgehead atoms. The first-order valence-corrected chi connectivity index (χ1v) is 10.3. The molecular formula is C22H25FN2O4. The summed E-state index contributed by atoms with van der Waals surface area (Å²) in [5.41, 5.74) is -0.715. The van der Waals surface area contributed by atoms with Crippen LogP contribution in [-0.2, 0) is 14.3 Å². The summed E-state index contributed by atoms with van der Waals surface area (Å²) >= 11 is 0. The van der Waals surface area contributed by atoms with Gasteiger partial charge in [0, 0.05) is 13.1 Å². The number of carbonyl (C=O) groups excluding carboxylic acids is 2. The second-order valence-corrected chi connectivity index (χ2v) is 8.32. The number of alkyl halides is 1. The van der Waals surface area contributed by atoms with Crippen LogP contribution in [0.5, 0.6) is 5.75 Å².